The standard InChI is InChI=1S/C9H7ClN4OS/c1-5-12-4-6(16-5)8(15)14-9-11-3-2-7(10)13-9/h2-4H,1H3,(H,11,13,14,15). The van der Waals surface area contributed by atoms with Gasteiger partial charge in [0.2, 0.25) is 5.95 Å². The van der Waals surface area contributed by atoms with E-state index in [1.807, 2.05) is 6.92 Å². The molecule has 0 saturated heterocycles. The molecule has 5 nitrogen and oxygen atoms in total. The average Bonchev–Trinajstić information content (AvgIpc) is 2.65. The lowest BCUT2D eigenvalue weighted by atomic mass is 10.5. The molecule has 82 valence electrons. The second-order valence-electron chi connectivity index (χ2n) is 2.90. The van der Waals surface area contributed by atoms with Gasteiger partial charge in [-0.1, -0.05) is 11.6 Å². The molecule has 0 spiro atoms. The number of anilines is 1. The summed E-state index contributed by atoms with van der Waals surface area (Å²) < 4.78 is 0. The molecule has 0 fully saturated rings. The number of hydrogen-bond acceptors (Lipinski definition) is 5. The normalized spacial score (nSPS) is 10.1. The molecule has 0 aliphatic carbocycles. The van der Waals surface area contributed by atoms with Gasteiger partial charge >= 0.3 is 0 Å². The van der Waals surface area contributed by atoms with Crippen LogP contribution in [0.15, 0.2) is 18.5 Å². The van der Waals surface area contributed by atoms with Crippen LogP contribution < -0.4 is 5.32 Å². The van der Waals surface area contributed by atoms with Crippen molar-refractivity contribution in [1.29, 1.82) is 0 Å². The highest BCUT2D eigenvalue weighted by Gasteiger charge is 2.10. The molecule has 0 unspecified atom stereocenters. The van der Waals surface area contributed by atoms with Gasteiger partial charge in [0.25, 0.3) is 5.91 Å². The van der Waals surface area contributed by atoms with Gasteiger partial charge in [-0.3, -0.25) is 10.1 Å². The first-order chi connectivity index (χ1) is 7.65. The molecule has 1 N–H and O–H groups in total. The van der Waals surface area contributed by atoms with E-state index < -0.39 is 0 Å². The monoisotopic (exact) mass is 254 g/mol. The lowest BCUT2D eigenvalue weighted by Crippen LogP contribution is -2.12. The number of hydrogen-bond donors (Lipinski definition) is 1. The van der Waals surface area contributed by atoms with Crippen LogP contribution in [0.5, 0.6) is 0 Å². The third-order valence-corrected chi connectivity index (χ3v) is 2.81. The van der Waals surface area contributed by atoms with E-state index in [0.29, 0.717) is 4.88 Å². The van der Waals surface area contributed by atoms with Crippen molar-refractivity contribution in [3.63, 3.8) is 0 Å². The van der Waals surface area contributed by atoms with Crippen molar-refractivity contribution in [2.75, 3.05) is 5.32 Å². The quantitative estimate of drug-likeness (QED) is 0.834. The summed E-state index contributed by atoms with van der Waals surface area (Å²) in [5.41, 5.74) is 0. The summed E-state index contributed by atoms with van der Waals surface area (Å²) in [6.45, 7) is 1.83. The molecule has 1 amide bonds. The fourth-order valence-electron chi connectivity index (χ4n) is 1.03. The minimum atomic E-state index is -0.284. The van der Waals surface area contributed by atoms with Gasteiger partial charge in [-0.2, -0.15) is 0 Å². The molecule has 0 atom stereocenters. The number of carbonyl (C=O) groups is 1. The van der Waals surface area contributed by atoms with Crippen molar-refractivity contribution in [3.05, 3.63) is 33.5 Å². The zero-order chi connectivity index (χ0) is 11.5. The van der Waals surface area contributed by atoms with E-state index in [-0.39, 0.29) is 17.0 Å². The molecular weight excluding hydrogens is 248 g/mol. The molecular formula is C9H7ClN4OS. The number of aryl methyl sites for hydroxylation is 1. The molecule has 0 aromatic carbocycles. The third-order valence-electron chi connectivity index (χ3n) is 1.69. The number of halogens is 1. The van der Waals surface area contributed by atoms with Gasteiger partial charge in [-0.25, -0.2) is 15.0 Å². The second kappa shape index (κ2) is 4.54. The van der Waals surface area contributed by atoms with Gasteiger partial charge in [-0.15, -0.1) is 11.3 Å². The van der Waals surface area contributed by atoms with Crippen LogP contribution in [0.25, 0.3) is 0 Å². The third kappa shape index (κ3) is 2.53. The van der Waals surface area contributed by atoms with Crippen molar-refractivity contribution in [2.24, 2.45) is 0 Å². The van der Waals surface area contributed by atoms with E-state index in [0.717, 1.165) is 5.01 Å². The number of rotatable bonds is 2. The maximum Gasteiger partial charge on any atom is 0.269 e. The van der Waals surface area contributed by atoms with E-state index in [1.54, 1.807) is 0 Å². The Morgan fingerprint density at radius 2 is 2.31 bits per heavy atom. The Morgan fingerprint density at radius 3 is 2.94 bits per heavy atom. The van der Waals surface area contributed by atoms with E-state index in [1.165, 1.54) is 29.8 Å². The molecule has 2 aromatic heterocycles. The van der Waals surface area contributed by atoms with Crippen LogP contribution in [0.3, 0.4) is 0 Å². The Kier molecular flexibility index (Phi) is 3.12. The van der Waals surface area contributed by atoms with Crippen molar-refractivity contribution < 1.29 is 4.79 Å². The Balaban J connectivity index is 2.13. The zero-order valence-corrected chi connectivity index (χ0v) is 9.84. The smallest absolute Gasteiger partial charge is 0.269 e. The maximum absolute atomic E-state index is 11.7. The van der Waals surface area contributed by atoms with Crippen molar-refractivity contribution in [3.8, 4) is 0 Å². The van der Waals surface area contributed by atoms with Crippen molar-refractivity contribution in [1.82, 2.24) is 15.0 Å². The summed E-state index contributed by atoms with van der Waals surface area (Å²) in [6.07, 6.45) is 2.99. The van der Waals surface area contributed by atoms with Gasteiger partial charge < -0.3 is 0 Å². The number of amides is 1. The van der Waals surface area contributed by atoms with E-state index in [2.05, 4.69) is 20.3 Å². The molecule has 0 radical (unpaired) electrons. The fourth-order valence-corrected chi connectivity index (χ4v) is 1.84. The number of thiazole rings is 1. The second-order valence-corrected chi connectivity index (χ2v) is 4.52. The van der Waals surface area contributed by atoms with E-state index in [4.69, 9.17) is 11.6 Å². The first-order valence-electron chi connectivity index (χ1n) is 4.37. The van der Waals surface area contributed by atoms with Gasteiger partial charge in [-0.05, 0) is 13.0 Å². The largest absolute Gasteiger partial charge is 0.290 e. The van der Waals surface area contributed by atoms with Crippen molar-refractivity contribution in [2.45, 2.75) is 6.92 Å². The molecule has 0 aliphatic rings. The summed E-state index contributed by atoms with van der Waals surface area (Å²) in [5, 5.41) is 3.65. The first-order valence-corrected chi connectivity index (χ1v) is 5.57. The molecule has 7 heteroatoms. The van der Waals surface area contributed by atoms with Crippen molar-refractivity contribution >= 4 is 34.8 Å². The van der Waals surface area contributed by atoms with Crippen LogP contribution >= 0.6 is 22.9 Å². The highest BCUT2D eigenvalue weighted by molar-refractivity contribution is 7.13. The molecule has 2 aromatic rings. The van der Waals surface area contributed by atoms with Crippen LogP contribution in [0, 0.1) is 6.92 Å². The topological polar surface area (TPSA) is 67.8 Å². The molecule has 0 aliphatic heterocycles. The van der Waals surface area contributed by atoms with Gasteiger partial charge in [0.05, 0.1) is 11.2 Å². The van der Waals surface area contributed by atoms with Gasteiger partial charge in [0, 0.05) is 6.20 Å². The summed E-state index contributed by atoms with van der Waals surface area (Å²) >= 11 is 6.97. The molecule has 2 rings (SSSR count). The molecule has 16 heavy (non-hydrogen) atoms. The van der Waals surface area contributed by atoms with Crippen LogP contribution in [-0.4, -0.2) is 20.9 Å². The minimum Gasteiger partial charge on any atom is -0.290 e. The van der Waals surface area contributed by atoms with Crippen LogP contribution in [0.2, 0.25) is 5.15 Å². The lowest BCUT2D eigenvalue weighted by Gasteiger charge is -2.00. The SMILES string of the molecule is Cc1ncc(C(=O)Nc2nccc(Cl)n2)s1. The molecule has 0 saturated carbocycles. The highest BCUT2D eigenvalue weighted by atomic mass is 35.5. The van der Waals surface area contributed by atoms with Gasteiger partial charge in [0.1, 0.15) is 10.0 Å². The number of aromatic nitrogens is 3. The molecule has 2 heterocycles. The van der Waals surface area contributed by atoms with Crippen LogP contribution in [0.4, 0.5) is 5.95 Å². The summed E-state index contributed by atoms with van der Waals surface area (Å²) in [4.78, 5) is 23.9. The minimum absolute atomic E-state index is 0.184. The lowest BCUT2D eigenvalue weighted by molar-refractivity contribution is 0.102. The number of nitrogens with zero attached hydrogens (tertiary/aromatic N) is 3. The first kappa shape index (κ1) is 11.0. The van der Waals surface area contributed by atoms with E-state index in [9.17, 15) is 4.79 Å². The summed E-state index contributed by atoms with van der Waals surface area (Å²) in [7, 11) is 0. The predicted octanol–water partition coefficient (Wildman–Crippen LogP) is 2.15. The van der Waals surface area contributed by atoms with Crippen LogP contribution in [-0.2, 0) is 0 Å². The fraction of sp³-hybridized carbons (Fsp3) is 0.111. The van der Waals surface area contributed by atoms with E-state index >= 15 is 0 Å². The van der Waals surface area contributed by atoms with Crippen LogP contribution in [0.1, 0.15) is 14.7 Å². The predicted molar refractivity (Wildman–Crippen MR) is 61.8 cm³/mol. The Hall–Kier alpha value is -1.53. The zero-order valence-electron chi connectivity index (χ0n) is 8.27. The average molecular weight is 255 g/mol. The molecule has 0 bridgehead atoms. The number of nitrogens with one attached hydrogen (secondary N) is 1. The number of carbonyl (C=O) groups excluding carboxylic acids is 1. The highest BCUT2D eigenvalue weighted by Crippen LogP contribution is 2.13. The Morgan fingerprint density at radius 1 is 1.50 bits per heavy atom. The Bertz CT molecular complexity index is 528. The summed E-state index contributed by atoms with van der Waals surface area (Å²) in [5.74, 6) is -0.101. The Labute approximate surface area is 101 Å². The van der Waals surface area contributed by atoms with Gasteiger partial charge in [0.15, 0.2) is 0 Å². The summed E-state index contributed by atoms with van der Waals surface area (Å²) in [6, 6.07) is 1.54. The maximum atomic E-state index is 11.7.